The van der Waals surface area contributed by atoms with E-state index in [0.29, 0.717) is 22.6 Å². The molecule has 1 aliphatic carbocycles. The number of hydrogen-bond acceptors (Lipinski definition) is 7. The number of fused-ring (bicyclic) bond motifs is 2. The summed E-state index contributed by atoms with van der Waals surface area (Å²) in [7, 11) is 0. The van der Waals surface area contributed by atoms with Crippen LogP contribution in [0.25, 0.3) is 28.4 Å². The van der Waals surface area contributed by atoms with Crippen molar-refractivity contribution in [2.24, 2.45) is 22.6 Å². The molecule has 1 atom stereocenters. The van der Waals surface area contributed by atoms with Crippen LogP contribution in [0.2, 0.25) is 0 Å². The summed E-state index contributed by atoms with van der Waals surface area (Å²) < 4.78 is 3.50. The van der Waals surface area contributed by atoms with E-state index in [2.05, 4.69) is 51.7 Å². The van der Waals surface area contributed by atoms with Gasteiger partial charge in [0.15, 0.2) is 11.5 Å². The molecule has 3 aromatic heterocycles. The van der Waals surface area contributed by atoms with E-state index in [-0.39, 0.29) is 17.9 Å². The normalized spacial score (nSPS) is 15.7. The lowest BCUT2D eigenvalue weighted by atomic mass is 9.91. The van der Waals surface area contributed by atoms with E-state index in [9.17, 15) is 4.79 Å². The highest BCUT2D eigenvalue weighted by molar-refractivity contribution is 6.05. The van der Waals surface area contributed by atoms with Gasteiger partial charge in [0.05, 0.1) is 17.6 Å². The van der Waals surface area contributed by atoms with Gasteiger partial charge in [0.25, 0.3) is 5.56 Å². The first kappa shape index (κ1) is 22.5. The maximum atomic E-state index is 14.0. The molecule has 3 heterocycles. The molecule has 0 amide bonds. The van der Waals surface area contributed by atoms with Crippen LogP contribution in [-0.4, -0.2) is 30.2 Å². The van der Waals surface area contributed by atoms with Crippen LogP contribution in [0.3, 0.4) is 0 Å². The highest BCUT2D eigenvalue weighted by Gasteiger charge is 2.20. The molecule has 35 heavy (non-hydrogen) atoms. The fraction of sp³-hybridized carbons (Fsp3) is 0.240. The molecule has 5 rings (SSSR count). The lowest BCUT2D eigenvalue weighted by molar-refractivity contribution is 0.660. The lowest BCUT2D eigenvalue weighted by Crippen LogP contribution is -2.49. The summed E-state index contributed by atoms with van der Waals surface area (Å²) in [6.45, 7) is 6.50. The third-order valence-electron chi connectivity index (χ3n) is 6.65. The summed E-state index contributed by atoms with van der Waals surface area (Å²) in [4.78, 5) is 22.5. The Balaban J connectivity index is 1.80. The number of nitrogens with zero attached hydrogens (tertiary/aromatic N) is 6. The first-order valence-corrected chi connectivity index (χ1v) is 11.4. The Morgan fingerprint density at radius 1 is 1.29 bits per heavy atom. The van der Waals surface area contributed by atoms with Gasteiger partial charge in [-0.2, -0.15) is 5.10 Å². The average molecular weight is 470 g/mol. The fourth-order valence-electron chi connectivity index (χ4n) is 4.65. The molecular weight excluding hydrogens is 442 g/mol. The van der Waals surface area contributed by atoms with Gasteiger partial charge in [0, 0.05) is 17.1 Å². The monoisotopic (exact) mass is 469 g/mol. The molecular formula is C25H27N9O. The van der Waals surface area contributed by atoms with Crippen LogP contribution >= 0.6 is 0 Å². The molecule has 1 unspecified atom stereocenters. The second kappa shape index (κ2) is 8.80. The van der Waals surface area contributed by atoms with E-state index in [1.54, 1.807) is 15.4 Å². The van der Waals surface area contributed by atoms with Crippen molar-refractivity contribution in [1.82, 2.24) is 29.9 Å². The van der Waals surface area contributed by atoms with Crippen molar-refractivity contribution >= 4 is 28.5 Å². The van der Waals surface area contributed by atoms with Gasteiger partial charge >= 0.3 is 0 Å². The number of benzene rings is 1. The molecule has 1 aromatic carbocycles. The lowest BCUT2D eigenvalue weighted by Gasteiger charge is -2.20. The zero-order valence-electron chi connectivity index (χ0n) is 19.9. The summed E-state index contributed by atoms with van der Waals surface area (Å²) in [5.74, 6) is 5.75. The van der Waals surface area contributed by atoms with Crippen molar-refractivity contribution in [2.75, 3.05) is 0 Å². The topological polar surface area (TPSA) is 142 Å². The highest BCUT2D eigenvalue weighted by atomic mass is 16.1. The molecule has 10 heteroatoms. The van der Waals surface area contributed by atoms with Crippen molar-refractivity contribution in [1.29, 1.82) is 0 Å². The quantitative estimate of drug-likeness (QED) is 0.166. The number of hydrazine groups is 1. The van der Waals surface area contributed by atoms with Crippen LogP contribution in [0, 0.1) is 12.8 Å². The Kier molecular flexibility index (Phi) is 5.65. The Morgan fingerprint density at radius 3 is 2.86 bits per heavy atom. The number of amidine groups is 1. The molecule has 4 aromatic rings. The van der Waals surface area contributed by atoms with E-state index in [1.165, 1.54) is 6.33 Å². The largest absolute Gasteiger partial charge is 0.380 e. The predicted molar refractivity (Wildman–Crippen MR) is 136 cm³/mol. The third-order valence-corrected chi connectivity index (χ3v) is 6.65. The minimum atomic E-state index is -0.0354. The van der Waals surface area contributed by atoms with Gasteiger partial charge < -0.3 is 5.73 Å². The molecule has 0 radical (unpaired) electrons. The summed E-state index contributed by atoms with van der Waals surface area (Å²) in [6, 6.07) is 9.94. The number of pyridine rings is 1. The fourth-order valence-corrected chi connectivity index (χ4v) is 4.65. The van der Waals surface area contributed by atoms with Crippen LogP contribution < -0.4 is 33.1 Å². The van der Waals surface area contributed by atoms with Crippen LogP contribution in [0.15, 0.2) is 52.8 Å². The van der Waals surface area contributed by atoms with Crippen LogP contribution in [0.5, 0.6) is 0 Å². The van der Waals surface area contributed by atoms with Gasteiger partial charge in [0.1, 0.15) is 12.0 Å². The van der Waals surface area contributed by atoms with Crippen LogP contribution in [0.1, 0.15) is 37.2 Å². The van der Waals surface area contributed by atoms with Crippen molar-refractivity contribution in [2.45, 2.75) is 33.7 Å². The van der Waals surface area contributed by atoms with Crippen LogP contribution in [-0.2, 0) is 6.54 Å². The predicted octanol–water partition coefficient (Wildman–Crippen LogP) is 0.408. The van der Waals surface area contributed by atoms with Gasteiger partial charge in [-0.05, 0) is 49.1 Å². The second-order valence-corrected chi connectivity index (χ2v) is 8.81. The zero-order valence-corrected chi connectivity index (χ0v) is 19.9. The van der Waals surface area contributed by atoms with E-state index in [4.69, 9.17) is 11.6 Å². The number of aryl methyl sites for hydroxylation is 1. The van der Waals surface area contributed by atoms with Crippen molar-refractivity contribution in [3.63, 3.8) is 0 Å². The SMILES string of the molecule is CC1=c2c(cc(Cn3nc(/C(N)=N/NN)c4cncnc43)n(-c3ccccc3C)c2=O)=CCC1C. The molecule has 10 nitrogen and oxygen atoms in total. The second-order valence-electron chi connectivity index (χ2n) is 8.81. The van der Waals surface area contributed by atoms with Crippen molar-refractivity contribution < 1.29 is 0 Å². The summed E-state index contributed by atoms with van der Waals surface area (Å²) in [5.41, 5.74) is 12.9. The molecule has 0 saturated heterocycles. The first-order valence-electron chi connectivity index (χ1n) is 11.4. The number of aromatic nitrogens is 5. The Labute approximate surface area is 201 Å². The van der Waals surface area contributed by atoms with Gasteiger partial charge in [-0.25, -0.2) is 26.0 Å². The van der Waals surface area contributed by atoms with E-state index in [1.807, 2.05) is 31.2 Å². The number of hydrazone groups is 1. The van der Waals surface area contributed by atoms with Gasteiger partial charge in [-0.3, -0.25) is 9.36 Å². The standard InChI is InChI=1S/C25H27N9O/c1-14-8-9-17-10-18(34(25(35)21(17)16(14)3)20-7-5-4-6-15(20)2)12-33-24-19(11-28-13-29-24)22(31-33)23(26)30-32-27/h4-7,9-11,13-14,32H,8,12,27H2,1-3H3,(H2,26,30). The zero-order chi connectivity index (χ0) is 24.7. The third kappa shape index (κ3) is 3.77. The van der Waals surface area contributed by atoms with E-state index >= 15 is 0 Å². The smallest absolute Gasteiger partial charge is 0.263 e. The Bertz CT molecular complexity index is 1660. The highest BCUT2D eigenvalue weighted by Crippen LogP contribution is 2.20. The molecule has 5 N–H and O–H groups in total. The van der Waals surface area contributed by atoms with Gasteiger partial charge in [0.2, 0.25) is 0 Å². The Hall–Kier alpha value is -4.31. The maximum absolute atomic E-state index is 14.0. The number of hydrogen-bond donors (Lipinski definition) is 3. The van der Waals surface area contributed by atoms with Crippen molar-refractivity contribution in [3.8, 4) is 5.69 Å². The minimum absolute atomic E-state index is 0.0354. The number of rotatable bonds is 5. The van der Waals surface area contributed by atoms with Crippen LogP contribution in [0.4, 0.5) is 0 Å². The number of nitrogens with one attached hydrogen (secondary N) is 1. The average Bonchev–Trinajstić information content (AvgIpc) is 3.21. The van der Waals surface area contributed by atoms with Gasteiger partial charge in [-0.1, -0.05) is 36.8 Å². The summed E-state index contributed by atoms with van der Waals surface area (Å²) in [6.07, 6.45) is 6.13. The van der Waals surface area contributed by atoms with E-state index < -0.39 is 0 Å². The molecule has 0 bridgehead atoms. The van der Waals surface area contributed by atoms with Gasteiger partial charge in [-0.15, -0.1) is 5.10 Å². The maximum Gasteiger partial charge on any atom is 0.263 e. The molecule has 0 spiro atoms. The molecule has 1 aliphatic rings. The number of para-hydroxylation sites is 1. The van der Waals surface area contributed by atoms with E-state index in [0.717, 1.165) is 39.4 Å². The first-order chi connectivity index (χ1) is 16.9. The summed E-state index contributed by atoms with van der Waals surface area (Å²) >= 11 is 0. The summed E-state index contributed by atoms with van der Waals surface area (Å²) in [5, 5.41) is 10.9. The minimum Gasteiger partial charge on any atom is -0.380 e. The van der Waals surface area contributed by atoms with Crippen molar-refractivity contribution in [3.05, 3.63) is 80.6 Å². The molecule has 178 valence electrons. The number of nitrogens with two attached hydrogens (primary N) is 2. The molecule has 0 fully saturated rings. The molecule has 0 saturated carbocycles. The molecule has 0 aliphatic heterocycles. The Morgan fingerprint density at radius 2 is 2.09 bits per heavy atom.